The smallest absolute Gasteiger partial charge is 0.331 e. The fraction of sp³-hybridized carbons (Fsp3) is 0.400. The van der Waals surface area contributed by atoms with E-state index >= 15 is 0 Å². The van der Waals surface area contributed by atoms with Crippen molar-refractivity contribution in [1.82, 2.24) is 0 Å². The maximum Gasteiger partial charge on any atom is 0.331 e. The van der Waals surface area contributed by atoms with Gasteiger partial charge in [0.05, 0.1) is 19.3 Å². The van der Waals surface area contributed by atoms with Crippen molar-refractivity contribution < 1.29 is 34.7 Å². The Kier molecular flexibility index (Phi) is 5.37. The molecular weight excluding hydrogens is 292 g/mol. The van der Waals surface area contributed by atoms with Gasteiger partial charge in [-0.2, -0.15) is 0 Å². The summed E-state index contributed by atoms with van der Waals surface area (Å²) in [5.74, 6) is -1.20. The van der Waals surface area contributed by atoms with Crippen molar-refractivity contribution >= 4 is 12.0 Å². The summed E-state index contributed by atoms with van der Waals surface area (Å²) in [5.41, 5.74) is 0.505. The van der Waals surface area contributed by atoms with Gasteiger partial charge in [0.25, 0.3) is 0 Å². The molecule has 2 rings (SSSR count). The monoisotopic (exact) mass is 310 g/mol. The number of esters is 1. The zero-order valence-electron chi connectivity index (χ0n) is 11.8. The number of benzene rings is 1. The van der Waals surface area contributed by atoms with Gasteiger partial charge in [-0.1, -0.05) is 6.07 Å². The Labute approximate surface area is 127 Å². The highest BCUT2D eigenvalue weighted by Gasteiger charge is 2.32. The molecule has 0 aromatic heterocycles. The van der Waals surface area contributed by atoms with Gasteiger partial charge < -0.3 is 29.9 Å². The van der Waals surface area contributed by atoms with Crippen LogP contribution < -0.4 is 0 Å². The lowest BCUT2D eigenvalue weighted by Crippen LogP contribution is -2.45. The molecule has 0 spiro atoms. The first-order valence-electron chi connectivity index (χ1n) is 6.81. The predicted molar refractivity (Wildman–Crippen MR) is 76.1 cm³/mol. The maximum absolute atomic E-state index is 11.8. The van der Waals surface area contributed by atoms with Crippen molar-refractivity contribution in [2.45, 2.75) is 24.7 Å². The normalized spacial score (nSPS) is 25.3. The number of ether oxygens (including phenoxy) is 2. The highest BCUT2D eigenvalue weighted by atomic mass is 16.6. The van der Waals surface area contributed by atoms with Gasteiger partial charge in [0, 0.05) is 12.5 Å². The van der Waals surface area contributed by atoms with Gasteiger partial charge in [0.2, 0.25) is 0 Å². The molecule has 3 atom stereocenters. The molecule has 2 unspecified atom stereocenters. The van der Waals surface area contributed by atoms with Gasteiger partial charge in [-0.3, -0.25) is 0 Å². The van der Waals surface area contributed by atoms with Crippen molar-refractivity contribution in [1.29, 1.82) is 0 Å². The van der Waals surface area contributed by atoms with E-state index in [4.69, 9.17) is 14.6 Å². The van der Waals surface area contributed by atoms with Crippen molar-refractivity contribution in [3.05, 3.63) is 29.8 Å². The van der Waals surface area contributed by atoms with E-state index in [1.165, 1.54) is 24.3 Å². The van der Waals surface area contributed by atoms with Crippen LogP contribution >= 0.6 is 0 Å². The molecule has 1 heterocycles. The first kappa shape index (κ1) is 16.3. The molecule has 0 amide bonds. The summed E-state index contributed by atoms with van der Waals surface area (Å²) in [6.45, 7) is -0.206. The second-order valence-corrected chi connectivity index (χ2v) is 5.00. The van der Waals surface area contributed by atoms with E-state index < -0.39 is 24.3 Å². The van der Waals surface area contributed by atoms with Crippen LogP contribution in [0.5, 0.6) is 11.5 Å². The van der Waals surface area contributed by atoms with Gasteiger partial charge >= 0.3 is 5.97 Å². The minimum absolute atomic E-state index is 0.0991. The van der Waals surface area contributed by atoms with E-state index in [2.05, 4.69) is 0 Å². The Bertz CT molecular complexity index is 555. The molecule has 1 aliphatic heterocycles. The summed E-state index contributed by atoms with van der Waals surface area (Å²) < 4.78 is 10.3. The van der Waals surface area contributed by atoms with E-state index in [0.717, 1.165) is 6.08 Å². The Morgan fingerprint density at radius 2 is 2.14 bits per heavy atom. The first-order chi connectivity index (χ1) is 10.5. The third kappa shape index (κ3) is 4.20. The van der Waals surface area contributed by atoms with E-state index in [9.17, 15) is 20.1 Å². The number of hydrogen-bond acceptors (Lipinski definition) is 7. The average molecular weight is 310 g/mol. The van der Waals surface area contributed by atoms with Crippen LogP contribution in [0.4, 0.5) is 0 Å². The summed E-state index contributed by atoms with van der Waals surface area (Å²) in [6, 6.07) is 4.11. The minimum Gasteiger partial charge on any atom is -0.504 e. The number of aliphatic hydroxyl groups is 2. The highest BCUT2D eigenvalue weighted by Crippen LogP contribution is 2.25. The number of phenols is 2. The SMILES string of the molecule is O=C(/C=C/c1ccc(O)c(O)c1)OC1CC(O)CO[C@H]1CO. The fourth-order valence-corrected chi connectivity index (χ4v) is 2.12. The van der Waals surface area contributed by atoms with Crippen molar-refractivity contribution in [2.75, 3.05) is 13.2 Å². The molecule has 0 aliphatic carbocycles. The number of rotatable bonds is 4. The highest BCUT2D eigenvalue weighted by molar-refractivity contribution is 5.87. The summed E-state index contributed by atoms with van der Waals surface area (Å²) in [7, 11) is 0. The summed E-state index contributed by atoms with van der Waals surface area (Å²) >= 11 is 0. The molecule has 22 heavy (non-hydrogen) atoms. The Hall–Kier alpha value is -2.09. The lowest BCUT2D eigenvalue weighted by molar-refractivity contribution is -0.173. The lowest BCUT2D eigenvalue weighted by Gasteiger charge is -2.32. The van der Waals surface area contributed by atoms with Crippen LogP contribution in [0.25, 0.3) is 6.08 Å². The zero-order chi connectivity index (χ0) is 16.1. The molecule has 1 aliphatic rings. The number of carbonyl (C=O) groups excluding carboxylic acids is 1. The molecule has 7 heteroatoms. The zero-order valence-corrected chi connectivity index (χ0v) is 11.8. The van der Waals surface area contributed by atoms with E-state index in [1.54, 1.807) is 0 Å². The molecule has 1 aromatic rings. The standard InChI is InChI=1S/C15H18O7/c16-7-14-13(6-10(17)8-21-14)22-15(20)4-2-9-1-3-11(18)12(19)5-9/h1-5,10,13-14,16-19H,6-8H2/b4-2+/t10?,13?,14-/m0/s1. The van der Waals surface area contributed by atoms with Crippen molar-refractivity contribution in [2.24, 2.45) is 0 Å². The van der Waals surface area contributed by atoms with Crippen LogP contribution in [0.3, 0.4) is 0 Å². The molecule has 0 saturated carbocycles. The van der Waals surface area contributed by atoms with Gasteiger partial charge in [0.15, 0.2) is 11.5 Å². The molecule has 1 saturated heterocycles. The Morgan fingerprint density at radius 1 is 1.36 bits per heavy atom. The molecule has 4 N–H and O–H groups in total. The quantitative estimate of drug-likeness (QED) is 0.356. The second kappa shape index (κ2) is 7.26. The third-order valence-electron chi connectivity index (χ3n) is 3.28. The largest absolute Gasteiger partial charge is 0.504 e. The second-order valence-electron chi connectivity index (χ2n) is 5.00. The van der Waals surface area contributed by atoms with E-state index in [-0.39, 0.29) is 31.1 Å². The summed E-state index contributed by atoms with van der Waals surface area (Å²) in [6.07, 6.45) is 0.651. The van der Waals surface area contributed by atoms with Crippen LogP contribution in [0.15, 0.2) is 24.3 Å². The maximum atomic E-state index is 11.8. The third-order valence-corrected chi connectivity index (χ3v) is 3.28. The molecule has 1 fully saturated rings. The van der Waals surface area contributed by atoms with Gasteiger partial charge in [0.1, 0.15) is 12.2 Å². The van der Waals surface area contributed by atoms with E-state index in [0.29, 0.717) is 5.56 Å². The first-order valence-corrected chi connectivity index (χ1v) is 6.81. The molecule has 0 radical (unpaired) electrons. The molecule has 120 valence electrons. The van der Waals surface area contributed by atoms with Crippen LogP contribution in [-0.2, 0) is 14.3 Å². The van der Waals surface area contributed by atoms with Crippen LogP contribution in [0.2, 0.25) is 0 Å². The number of aliphatic hydroxyl groups excluding tert-OH is 2. The van der Waals surface area contributed by atoms with Gasteiger partial charge in [-0.25, -0.2) is 4.79 Å². The number of carbonyl (C=O) groups is 1. The van der Waals surface area contributed by atoms with E-state index in [1.807, 2.05) is 0 Å². The minimum atomic E-state index is -0.737. The summed E-state index contributed by atoms with van der Waals surface area (Å²) in [5, 5.41) is 37.2. The molecular formula is C15H18O7. The number of aromatic hydroxyl groups is 2. The van der Waals surface area contributed by atoms with Crippen molar-refractivity contribution in [3.63, 3.8) is 0 Å². The fourth-order valence-electron chi connectivity index (χ4n) is 2.12. The number of hydrogen-bond donors (Lipinski definition) is 4. The predicted octanol–water partition coefficient (Wildman–Crippen LogP) is 0.165. The Morgan fingerprint density at radius 3 is 2.82 bits per heavy atom. The topological polar surface area (TPSA) is 116 Å². The van der Waals surface area contributed by atoms with Gasteiger partial charge in [-0.15, -0.1) is 0 Å². The van der Waals surface area contributed by atoms with Gasteiger partial charge in [-0.05, 0) is 23.8 Å². The molecule has 0 bridgehead atoms. The molecule has 7 nitrogen and oxygen atoms in total. The summed E-state index contributed by atoms with van der Waals surface area (Å²) in [4.78, 5) is 11.8. The number of phenolic OH excluding ortho intramolecular Hbond substituents is 2. The van der Waals surface area contributed by atoms with Crippen LogP contribution in [0, 0.1) is 0 Å². The Balaban J connectivity index is 1.96. The van der Waals surface area contributed by atoms with Crippen LogP contribution in [0.1, 0.15) is 12.0 Å². The van der Waals surface area contributed by atoms with Crippen molar-refractivity contribution in [3.8, 4) is 11.5 Å². The molecule has 1 aromatic carbocycles. The average Bonchev–Trinajstić information content (AvgIpc) is 2.49. The lowest BCUT2D eigenvalue weighted by atomic mass is 10.0. The van der Waals surface area contributed by atoms with Crippen LogP contribution in [-0.4, -0.2) is 57.9 Å².